The van der Waals surface area contributed by atoms with Crippen molar-refractivity contribution in [3.05, 3.63) is 83.9 Å². The molecule has 3 aromatic rings. The molecule has 3 nitrogen and oxygen atoms in total. The summed E-state index contributed by atoms with van der Waals surface area (Å²) in [6.45, 7) is 4.59. The van der Waals surface area contributed by atoms with Crippen molar-refractivity contribution in [1.29, 1.82) is 0 Å². The van der Waals surface area contributed by atoms with Crippen LogP contribution < -0.4 is 0 Å². The summed E-state index contributed by atoms with van der Waals surface area (Å²) in [5, 5.41) is 2.34. The number of rotatable bonds is 8. The Morgan fingerprint density at radius 1 is 0.781 bits per heavy atom. The number of carbonyl (C=O) groups excluding carboxylic acids is 1. The second-order valence-electron chi connectivity index (χ2n) is 8.90. The summed E-state index contributed by atoms with van der Waals surface area (Å²) in [5.41, 5.74) is 2.27. The molecule has 0 aliphatic carbocycles. The lowest BCUT2D eigenvalue weighted by Crippen LogP contribution is -2.46. The number of Topliss-reactive ketones (excluding diaryl/α,β-unsaturated/α-hetero) is 1. The highest BCUT2D eigenvalue weighted by Gasteiger charge is 2.42. The van der Waals surface area contributed by atoms with E-state index in [1.165, 1.54) is 30.5 Å². The van der Waals surface area contributed by atoms with Gasteiger partial charge < -0.3 is 0 Å². The van der Waals surface area contributed by atoms with Gasteiger partial charge in [0.1, 0.15) is 0 Å². The molecule has 2 heterocycles. The van der Waals surface area contributed by atoms with E-state index in [9.17, 15) is 4.79 Å². The summed E-state index contributed by atoms with van der Waals surface area (Å²) in [7, 11) is 0. The van der Waals surface area contributed by atoms with Crippen molar-refractivity contribution in [1.82, 2.24) is 9.80 Å². The lowest BCUT2D eigenvalue weighted by molar-refractivity contribution is 0.0972. The van der Waals surface area contributed by atoms with Crippen LogP contribution in [0.4, 0.5) is 0 Å². The maximum Gasteiger partial charge on any atom is 0.162 e. The number of carbonyl (C=O) groups is 1. The van der Waals surface area contributed by atoms with E-state index in [2.05, 4.69) is 58.3 Å². The van der Waals surface area contributed by atoms with Gasteiger partial charge in [-0.3, -0.25) is 14.6 Å². The van der Waals surface area contributed by atoms with Crippen molar-refractivity contribution in [2.45, 2.75) is 44.3 Å². The number of nitrogens with zero attached hydrogens (tertiary/aromatic N) is 2. The summed E-state index contributed by atoms with van der Waals surface area (Å²) in [4.78, 5) is 17.9. The zero-order valence-corrected chi connectivity index (χ0v) is 20.5. The number of likely N-dealkylation sites (tertiary alicyclic amines) is 2. The molecular formula is C27H34N2OS2. The SMILES string of the molecule is O=C(CCCCN1CC2CC1CN2Cc1ccccc1)c1ccc2ccccc2c1.S.S. The normalized spacial score (nSPS) is 20.1. The van der Waals surface area contributed by atoms with E-state index in [1.54, 1.807) is 0 Å². The van der Waals surface area contributed by atoms with Crippen LogP contribution in [0.1, 0.15) is 41.6 Å². The minimum Gasteiger partial charge on any atom is -0.297 e. The smallest absolute Gasteiger partial charge is 0.162 e. The Labute approximate surface area is 205 Å². The zero-order valence-electron chi connectivity index (χ0n) is 18.5. The second kappa shape index (κ2) is 11.4. The molecule has 2 aliphatic rings. The first-order valence-corrected chi connectivity index (χ1v) is 11.3. The van der Waals surface area contributed by atoms with Crippen molar-refractivity contribution in [2.75, 3.05) is 19.6 Å². The van der Waals surface area contributed by atoms with Gasteiger partial charge in [0.15, 0.2) is 5.78 Å². The molecule has 0 aromatic heterocycles. The molecule has 2 atom stereocenters. The largest absolute Gasteiger partial charge is 0.297 e. The highest BCUT2D eigenvalue weighted by Crippen LogP contribution is 2.32. The van der Waals surface area contributed by atoms with Gasteiger partial charge in [-0.1, -0.05) is 66.7 Å². The lowest BCUT2D eigenvalue weighted by atomic mass is 10.0. The van der Waals surface area contributed by atoms with Crippen LogP contribution in [0.5, 0.6) is 0 Å². The van der Waals surface area contributed by atoms with Crippen LogP contribution in [0.15, 0.2) is 72.8 Å². The van der Waals surface area contributed by atoms with E-state index in [4.69, 9.17) is 0 Å². The van der Waals surface area contributed by atoms with Gasteiger partial charge in [0.2, 0.25) is 0 Å². The molecule has 32 heavy (non-hydrogen) atoms. The first kappa shape index (κ1) is 24.8. The Bertz CT molecular complexity index is 1030. The van der Waals surface area contributed by atoms with Gasteiger partial charge in [-0.2, -0.15) is 27.0 Å². The third-order valence-corrected chi connectivity index (χ3v) is 6.87. The van der Waals surface area contributed by atoms with Gasteiger partial charge in [0, 0.05) is 43.7 Å². The molecule has 0 spiro atoms. The summed E-state index contributed by atoms with van der Waals surface area (Å²) < 4.78 is 0. The van der Waals surface area contributed by atoms with Crippen LogP contribution in [0, 0.1) is 0 Å². The Morgan fingerprint density at radius 3 is 2.22 bits per heavy atom. The fraction of sp³-hybridized carbons (Fsp3) is 0.370. The average molecular weight is 467 g/mol. The summed E-state index contributed by atoms with van der Waals surface area (Å²) in [6, 6.07) is 26.5. The van der Waals surface area contributed by atoms with E-state index in [-0.39, 0.29) is 32.8 Å². The van der Waals surface area contributed by atoms with Gasteiger partial charge in [-0.05, 0) is 48.2 Å². The van der Waals surface area contributed by atoms with Crippen LogP contribution in [-0.2, 0) is 6.54 Å². The lowest BCUT2D eigenvalue weighted by Gasteiger charge is -2.34. The summed E-state index contributed by atoms with van der Waals surface area (Å²) in [6.07, 6.45) is 4.05. The quantitative estimate of drug-likeness (QED) is 0.329. The maximum atomic E-state index is 12.6. The molecule has 2 saturated heterocycles. The molecule has 0 radical (unpaired) electrons. The van der Waals surface area contributed by atoms with Crippen LogP contribution in [0.2, 0.25) is 0 Å². The van der Waals surface area contributed by atoms with Gasteiger partial charge in [-0.15, -0.1) is 0 Å². The third kappa shape index (κ3) is 5.57. The zero-order chi connectivity index (χ0) is 20.3. The predicted octanol–water partition coefficient (Wildman–Crippen LogP) is 5.38. The van der Waals surface area contributed by atoms with Crippen LogP contribution >= 0.6 is 27.0 Å². The summed E-state index contributed by atoms with van der Waals surface area (Å²) in [5.74, 6) is 0.276. The molecule has 0 saturated carbocycles. The van der Waals surface area contributed by atoms with Crippen molar-refractivity contribution in [3.63, 3.8) is 0 Å². The molecule has 5 rings (SSSR count). The monoisotopic (exact) mass is 466 g/mol. The van der Waals surface area contributed by atoms with E-state index in [0.717, 1.165) is 36.9 Å². The number of ketones is 1. The Hall–Kier alpha value is -1.79. The molecule has 0 amide bonds. The highest BCUT2D eigenvalue weighted by molar-refractivity contribution is 7.59. The maximum absolute atomic E-state index is 12.6. The first-order chi connectivity index (χ1) is 14.8. The van der Waals surface area contributed by atoms with Crippen LogP contribution in [0.25, 0.3) is 10.8 Å². The molecule has 2 fully saturated rings. The topological polar surface area (TPSA) is 23.6 Å². The number of benzene rings is 3. The molecule has 170 valence electrons. The molecule has 2 aliphatic heterocycles. The predicted molar refractivity (Wildman–Crippen MR) is 144 cm³/mol. The van der Waals surface area contributed by atoms with Crippen LogP contribution in [-0.4, -0.2) is 47.3 Å². The second-order valence-corrected chi connectivity index (χ2v) is 8.90. The van der Waals surface area contributed by atoms with Crippen molar-refractivity contribution in [3.8, 4) is 0 Å². The van der Waals surface area contributed by atoms with Crippen molar-refractivity contribution < 1.29 is 4.79 Å². The van der Waals surface area contributed by atoms with E-state index in [1.807, 2.05) is 24.3 Å². The van der Waals surface area contributed by atoms with Gasteiger partial charge in [0.05, 0.1) is 0 Å². The molecular weight excluding hydrogens is 432 g/mol. The number of unbranched alkanes of at least 4 members (excludes halogenated alkanes) is 1. The Balaban J connectivity index is 0.00000144. The molecule has 0 N–H and O–H groups in total. The fourth-order valence-electron chi connectivity index (χ4n) is 5.22. The Kier molecular flexibility index (Phi) is 8.83. The van der Waals surface area contributed by atoms with Crippen molar-refractivity contribution >= 4 is 43.5 Å². The standard InChI is InChI=1S/C27H30N2O.2H2S/c30-27(24-14-13-22-10-4-5-11-23(22)16-24)12-6-7-15-28-19-26-17-25(28)20-29(26)18-21-8-2-1-3-9-21;;/h1-5,8-11,13-14,16,25-26H,6-7,12,15,17-20H2;2*1H2. The molecule has 3 aromatic carbocycles. The first-order valence-electron chi connectivity index (χ1n) is 11.3. The Morgan fingerprint density at radius 2 is 1.47 bits per heavy atom. The number of hydrogen-bond acceptors (Lipinski definition) is 3. The molecule has 2 unspecified atom stereocenters. The highest BCUT2D eigenvalue weighted by atomic mass is 32.1. The summed E-state index contributed by atoms with van der Waals surface area (Å²) >= 11 is 0. The van der Waals surface area contributed by atoms with Crippen LogP contribution in [0.3, 0.4) is 0 Å². The fourth-order valence-corrected chi connectivity index (χ4v) is 5.22. The van der Waals surface area contributed by atoms with Gasteiger partial charge >= 0.3 is 0 Å². The minimum absolute atomic E-state index is 0. The average Bonchev–Trinajstić information content (AvgIpc) is 3.37. The van der Waals surface area contributed by atoms with Gasteiger partial charge in [0.25, 0.3) is 0 Å². The minimum atomic E-state index is 0. The number of hydrogen-bond donors (Lipinski definition) is 0. The third-order valence-electron chi connectivity index (χ3n) is 6.87. The van der Waals surface area contributed by atoms with Gasteiger partial charge in [-0.25, -0.2) is 0 Å². The molecule has 5 heteroatoms. The van der Waals surface area contributed by atoms with E-state index in [0.29, 0.717) is 18.5 Å². The van der Waals surface area contributed by atoms with E-state index < -0.39 is 0 Å². The van der Waals surface area contributed by atoms with Crippen molar-refractivity contribution in [2.24, 2.45) is 0 Å². The van der Waals surface area contributed by atoms with E-state index >= 15 is 0 Å². The molecule has 2 bridgehead atoms. The number of fused-ring (bicyclic) bond motifs is 3. The number of piperazine rings is 1.